The topological polar surface area (TPSA) is 57.6 Å². The highest BCUT2D eigenvalue weighted by Crippen LogP contribution is 2.18. The summed E-state index contributed by atoms with van der Waals surface area (Å²) in [6, 6.07) is 13.9. The molecule has 0 heterocycles. The van der Waals surface area contributed by atoms with Crippen LogP contribution in [0.1, 0.15) is 38.8 Å². The summed E-state index contributed by atoms with van der Waals surface area (Å²) in [5, 5.41) is 8.94. The maximum absolute atomic E-state index is 12.7. The zero-order chi connectivity index (χ0) is 17.0. The molecule has 120 valence electrons. The molecule has 2 aromatic rings. The predicted octanol–water partition coefficient (Wildman–Crippen LogP) is 3.11. The van der Waals surface area contributed by atoms with Crippen molar-refractivity contribution in [2.24, 2.45) is 0 Å². The number of carbonyl (C=O) groups is 2. The first kappa shape index (κ1) is 16.9. The van der Waals surface area contributed by atoms with E-state index in [-0.39, 0.29) is 11.3 Å². The Kier molecular flexibility index (Phi) is 5.29. The standard InChI is InChI=1S/C19H21NO3/c1-13(20(2)3)12-16-6-4-5-7-17(16)18(21)14-8-10-15(11-9-14)19(22)23/h4-11,13H,12H2,1-3H3,(H,22,23). The van der Waals surface area contributed by atoms with Gasteiger partial charge in [-0.1, -0.05) is 36.4 Å². The molecule has 1 unspecified atom stereocenters. The van der Waals surface area contributed by atoms with E-state index in [1.54, 1.807) is 12.1 Å². The molecule has 0 saturated heterocycles. The Labute approximate surface area is 136 Å². The van der Waals surface area contributed by atoms with Crippen LogP contribution >= 0.6 is 0 Å². The molecule has 4 nitrogen and oxygen atoms in total. The molecule has 0 aliphatic heterocycles. The van der Waals surface area contributed by atoms with Gasteiger partial charge in [0.05, 0.1) is 5.56 Å². The Bertz CT molecular complexity index is 705. The second-order valence-electron chi connectivity index (χ2n) is 5.89. The van der Waals surface area contributed by atoms with Gasteiger partial charge in [-0.3, -0.25) is 4.79 Å². The van der Waals surface area contributed by atoms with E-state index in [9.17, 15) is 9.59 Å². The van der Waals surface area contributed by atoms with Crippen LogP contribution in [-0.4, -0.2) is 41.9 Å². The lowest BCUT2D eigenvalue weighted by Gasteiger charge is -2.21. The van der Waals surface area contributed by atoms with Gasteiger partial charge in [0.25, 0.3) is 0 Å². The molecule has 0 spiro atoms. The lowest BCUT2D eigenvalue weighted by molar-refractivity contribution is 0.0696. The molecule has 0 saturated carbocycles. The SMILES string of the molecule is CC(Cc1ccccc1C(=O)c1ccc(C(=O)O)cc1)N(C)C. The van der Waals surface area contributed by atoms with Crippen molar-refractivity contribution in [3.05, 3.63) is 70.8 Å². The maximum Gasteiger partial charge on any atom is 0.335 e. The van der Waals surface area contributed by atoms with Gasteiger partial charge in [0, 0.05) is 17.2 Å². The fourth-order valence-electron chi connectivity index (χ4n) is 2.34. The number of carbonyl (C=O) groups excluding carboxylic acids is 1. The number of likely N-dealkylation sites (N-methyl/N-ethyl adjacent to an activating group) is 1. The minimum absolute atomic E-state index is 0.0801. The predicted molar refractivity (Wildman–Crippen MR) is 90.1 cm³/mol. The van der Waals surface area contributed by atoms with Crippen LogP contribution in [0, 0.1) is 0 Å². The van der Waals surface area contributed by atoms with Crippen molar-refractivity contribution in [2.45, 2.75) is 19.4 Å². The van der Waals surface area contributed by atoms with Gasteiger partial charge in [-0.25, -0.2) is 4.79 Å². The Morgan fingerprint density at radius 1 is 1.00 bits per heavy atom. The van der Waals surface area contributed by atoms with Crippen molar-refractivity contribution in [3.8, 4) is 0 Å². The molecule has 0 aromatic heterocycles. The number of carboxylic acid groups (broad SMARTS) is 1. The van der Waals surface area contributed by atoms with Crippen molar-refractivity contribution in [2.75, 3.05) is 14.1 Å². The first-order valence-corrected chi connectivity index (χ1v) is 7.52. The minimum Gasteiger partial charge on any atom is -0.478 e. The summed E-state index contributed by atoms with van der Waals surface area (Å²) in [7, 11) is 4.03. The van der Waals surface area contributed by atoms with E-state index in [2.05, 4.69) is 11.8 Å². The Hall–Kier alpha value is -2.46. The minimum atomic E-state index is -0.996. The summed E-state index contributed by atoms with van der Waals surface area (Å²) in [5.74, 6) is -1.08. The van der Waals surface area contributed by atoms with E-state index in [0.717, 1.165) is 12.0 Å². The highest BCUT2D eigenvalue weighted by atomic mass is 16.4. The van der Waals surface area contributed by atoms with E-state index in [1.807, 2.05) is 38.4 Å². The third kappa shape index (κ3) is 4.05. The normalized spacial score (nSPS) is 12.2. The van der Waals surface area contributed by atoms with Crippen LogP contribution in [0.5, 0.6) is 0 Å². The number of hydrogen-bond acceptors (Lipinski definition) is 3. The number of aromatic carboxylic acids is 1. The highest BCUT2D eigenvalue weighted by molar-refractivity contribution is 6.10. The fraction of sp³-hybridized carbons (Fsp3) is 0.263. The number of hydrogen-bond donors (Lipinski definition) is 1. The summed E-state index contributed by atoms with van der Waals surface area (Å²) in [4.78, 5) is 25.8. The van der Waals surface area contributed by atoms with Crippen LogP contribution in [0.3, 0.4) is 0 Å². The third-order valence-electron chi connectivity index (χ3n) is 4.05. The Balaban J connectivity index is 2.30. The quantitative estimate of drug-likeness (QED) is 0.833. The summed E-state index contributed by atoms with van der Waals surface area (Å²) < 4.78 is 0. The molecule has 0 fully saturated rings. The second-order valence-corrected chi connectivity index (χ2v) is 5.89. The van der Waals surface area contributed by atoms with Crippen LogP contribution in [0.15, 0.2) is 48.5 Å². The molecular formula is C19H21NO3. The van der Waals surface area contributed by atoms with Gasteiger partial charge in [0.1, 0.15) is 0 Å². The van der Waals surface area contributed by atoms with E-state index < -0.39 is 5.97 Å². The van der Waals surface area contributed by atoms with Gasteiger partial charge in [-0.15, -0.1) is 0 Å². The molecular weight excluding hydrogens is 290 g/mol. The zero-order valence-corrected chi connectivity index (χ0v) is 13.6. The summed E-state index contributed by atoms with van der Waals surface area (Å²) in [6.45, 7) is 2.11. The summed E-state index contributed by atoms with van der Waals surface area (Å²) >= 11 is 0. The van der Waals surface area contributed by atoms with Crippen molar-refractivity contribution in [1.82, 2.24) is 4.90 Å². The molecule has 1 N–H and O–H groups in total. The zero-order valence-electron chi connectivity index (χ0n) is 13.6. The van der Waals surface area contributed by atoms with E-state index in [1.165, 1.54) is 12.1 Å². The molecule has 0 aliphatic carbocycles. The Morgan fingerprint density at radius 2 is 1.57 bits per heavy atom. The van der Waals surface area contributed by atoms with Crippen LogP contribution in [-0.2, 0) is 6.42 Å². The van der Waals surface area contributed by atoms with Crippen molar-refractivity contribution in [1.29, 1.82) is 0 Å². The fourth-order valence-corrected chi connectivity index (χ4v) is 2.34. The third-order valence-corrected chi connectivity index (χ3v) is 4.05. The molecule has 1 atom stereocenters. The monoisotopic (exact) mass is 311 g/mol. The van der Waals surface area contributed by atoms with Gasteiger partial charge >= 0.3 is 5.97 Å². The Morgan fingerprint density at radius 3 is 2.13 bits per heavy atom. The van der Waals surface area contributed by atoms with Crippen LogP contribution < -0.4 is 0 Å². The number of carboxylic acids is 1. The maximum atomic E-state index is 12.7. The molecule has 2 aromatic carbocycles. The van der Waals surface area contributed by atoms with Crippen LogP contribution in [0.25, 0.3) is 0 Å². The smallest absolute Gasteiger partial charge is 0.335 e. The van der Waals surface area contributed by atoms with E-state index >= 15 is 0 Å². The highest BCUT2D eigenvalue weighted by Gasteiger charge is 2.16. The molecule has 0 aliphatic rings. The van der Waals surface area contributed by atoms with Crippen molar-refractivity contribution >= 4 is 11.8 Å². The largest absolute Gasteiger partial charge is 0.478 e. The number of rotatable bonds is 6. The van der Waals surface area contributed by atoms with Crippen molar-refractivity contribution in [3.63, 3.8) is 0 Å². The molecule has 0 amide bonds. The van der Waals surface area contributed by atoms with Crippen LogP contribution in [0.4, 0.5) is 0 Å². The molecule has 0 bridgehead atoms. The number of benzene rings is 2. The molecule has 23 heavy (non-hydrogen) atoms. The first-order chi connectivity index (χ1) is 10.9. The van der Waals surface area contributed by atoms with Crippen LogP contribution in [0.2, 0.25) is 0 Å². The van der Waals surface area contributed by atoms with E-state index in [4.69, 9.17) is 5.11 Å². The average molecular weight is 311 g/mol. The lowest BCUT2D eigenvalue weighted by Crippen LogP contribution is -2.27. The molecule has 2 rings (SSSR count). The lowest BCUT2D eigenvalue weighted by atomic mass is 9.94. The first-order valence-electron chi connectivity index (χ1n) is 7.52. The summed E-state index contributed by atoms with van der Waals surface area (Å²) in [5.41, 5.74) is 2.35. The van der Waals surface area contributed by atoms with Gasteiger partial charge < -0.3 is 10.0 Å². The molecule has 4 heteroatoms. The number of nitrogens with zero attached hydrogens (tertiary/aromatic N) is 1. The average Bonchev–Trinajstić information content (AvgIpc) is 2.54. The van der Waals surface area contributed by atoms with Gasteiger partial charge in [-0.05, 0) is 45.1 Å². The van der Waals surface area contributed by atoms with Crippen molar-refractivity contribution < 1.29 is 14.7 Å². The van der Waals surface area contributed by atoms with E-state index in [0.29, 0.717) is 17.2 Å². The van der Waals surface area contributed by atoms with Gasteiger partial charge in [-0.2, -0.15) is 0 Å². The molecule has 0 radical (unpaired) electrons. The number of ketones is 1. The van der Waals surface area contributed by atoms with Gasteiger partial charge in [0.2, 0.25) is 0 Å². The summed E-state index contributed by atoms with van der Waals surface area (Å²) in [6.07, 6.45) is 0.780. The second kappa shape index (κ2) is 7.20. The van der Waals surface area contributed by atoms with Gasteiger partial charge in [0.15, 0.2) is 5.78 Å².